The van der Waals surface area contributed by atoms with Crippen molar-refractivity contribution < 1.29 is 23.5 Å². The van der Waals surface area contributed by atoms with Crippen LogP contribution in [0.4, 0.5) is 4.39 Å². The lowest BCUT2D eigenvalue weighted by Gasteiger charge is -2.65. The second kappa shape index (κ2) is 10.4. The first-order valence-corrected chi connectivity index (χ1v) is 16.3. The maximum absolute atomic E-state index is 13.9. The van der Waals surface area contributed by atoms with Gasteiger partial charge in [0.15, 0.2) is 12.0 Å². The Morgan fingerprint density at radius 2 is 1.93 bits per heavy atom. The van der Waals surface area contributed by atoms with Crippen LogP contribution in [0.15, 0.2) is 30.3 Å². The standard InChI is InChI=1S/C34H40FN7O4/c1-19-29(37-26-12-23(13-28(45-3)42(19)26)32(44)40-10-4-5-24(36)15-40)25-11-22-8-9-27(38-30(22)41(25)14-21-6-7-21)46-20(2)31(43)39-34-16-33(35,17-34)18-34/h8-9,11-13,20-21,24H,4-7,10,14-18,36H2,1-3H3,(H,39,43)/t20-,24+,33?,34?/m0/s1. The predicted octanol–water partition coefficient (Wildman–Crippen LogP) is 4.17. The molecule has 0 radical (unpaired) electrons. The molecule has 4 saturated carbocycles. The number of piperidine rings is 1. The van der Waals surface area contributed by atoms with Crippen molar-refractivity contribution in [1.82, 2.24) is 29.2 Å². The van der Waals surface area contributed by atoms with Gasteiger partial charge in [0.25, 0.3) is 11.8 Å². The largest absolute Gasteiger partial charge is 0.482 e. The van der Waals surface area contributed by atoms with Crippen molar-refractivity contribution >= 4 is 28.5 Å². The number of imidazole rings is 1. The predicted molar refractivity (Wildman–Crippen MR) is 170 cm³/mol. The molecule has 9 rings (SSSR count). The zero-order valence-corrected chi connectivity index (χ0v) is 26.5. The van der Waals surface area contributed by atoms with E-state index in [4.69, 9.17) is 25.2 Å². The molecule has 5 aliphatic rings. The second-order valence-electron chi connectivity index (χ2n) is 14.0. The molecule has 0 aromatic carbocycles. The number of likely N-dealkylation sites (tertiary alicyclic amines) is 1. The van der Waals surface area contributed by atoms with Gasteiger partial charge in [-0.2, -0.15) is 4.98 Å². The van der Waals surface area contributed by atoms with Crippen LogP contribution in [0.3, 0.4) is 0 Å². The van der Waals surface area contributed by atoms with E-state index in [0.29, 0.717) is 61.2 Å². The number of methoxy groups -OCH3 is 1. The van der Waals surface area contributed by atoms with Gasteiger partial charge < -0.3 is 30.0 Å². The normalized spacial score (nSPS) is 26.0. The number of amides is 2. The van der Waals surface area contributed by atoms with Crippen molar-refractivity contribution in [2.75, 3.05) is 20.2 Å². The van der Waals surface area contributed by atoms with Gasteiger partial charge in [0, 0.05) is 73.6 Å². The molecule has 0 unspecified atom stereocenters. The van der Waals surface area contributed by atoms with E-state index in [0.717, 1.165) is 60.3 Å². The summed E-state index contributed by atoms with van der Waals surface area (Å²) < 4.78 is 29.9. The highest BCUT2D eigenvalue weighted by Crippen LogP contribution is 2.62. The number of ether oxygens (including phenoxy) is 2. The van der Waals surface area contributed by atoms with Gasteiger partial charge in [-0.15, -0.1) is 0 Å². The van der Waals surface area contributed by atoms with E-state index in [9.17, 15) is 14.0 Å². The van der Waals surface area contributed by atoms with Crippen molar-refractivity contribution in [3.63, 3.8) is 0 Å². The minimum atomic E-state index is -1.08. The maximum Gasteiger partial charge on any atom is 0.261 e. The van der Waals surface area contributed by atoms with Gasteiger partial charge in [-0.25, -0.2) is 9.37 Å². The molecular weight excluding hydrogens is 589 g/mol. The fraction of sp³-hybridized carbons (Fsp3) is 0.529. The monoisotopic (exact) mass is 629 g/mol. The van der Waals surface area contributed by atoms with Gasteiger partial charge in [-0.1, -0.05) is 0 Å². The molecule has 3 N–H and O–H groups in total. The molecule has 1 saturated heterocycles. The van der Waals surface area contributed by atoms with E-state index in [-0.39, 0.29) is 17.9 Å². The van der Waals surface area contributed by atoms with E-state index < -0.39 is 17.3 Å². The summed E-state index contributed by atoms with van der Waals surface area (Å²) in [5, 5.41) is 3.92. The van der Waals surface area contributed by atoms with E-state index in [2.05, 4.69) is 16.0 Å². The highest BCUT2D eigenvalue weighted by atomic mass is 19.1. The lowest BCUT2D eigenvalue weighted by atomic mass is 9.47. The van der Waals surface area contributed by atoms with E-state index in [1.807, 2.05) is 28.4 Å². The Kier molecular flexibility index (Phi) is 6.62. The number of nitrogens with two attached hydrogens (primary N) is 1. The number of hydrogen-bond acceptors (Lipinski definition) is 7. The minimum Gasteiger partial charge on any atom is -0.482 e. The van der Waals surface area contributed by atoms with Gasteiger partial charge in [0.2, 0.25) is 5.88 Å². The van der Waals surface area contributed by atoms with Crippen LogP contribution in [0.25, 0.3) is 28.1 Å². The Morgan fingerprint density at radius 3 is 2.63 bits per heavy atom. The number of fused-ring (bicyclic) bond motifs is 2. The van der Waals surface area contributed by atoms with Crippen LogP contribution in [-0.2, 0) is 11.3 Å². The summed E-state index contributed by atoms with van der Waals surface area (Å²) in [6.07, 6.45) is 4.50. The molecular formula is C34H40FN7O4. The number of nitrogens with one attached hydrogen (secondary N) is 1. The molecule has 46 heavy (non-hydrogen) atoms. The fourth-order valence-corrected chi connectivity index (χ4v) is 7.68. The van der Waals surface area contributed by atoms with Crippen LogP contribution in [0.2, 0.25) is 0 Å². The highest BCUT2D eigenvalue weighted by Gasteiger charge is 2.70. The van der Waals surface area contributed by atoms with Gasteiger partial charge in [-0.05, 0) is 63.6 Å². The first-order chi connectivity index (χ1) is 22.0. The molecule has 12 heteroatoms. The van der Waals surface area contributed by atoms with Gasteiger partial charge in [0.05, 0.1) is 18.5 Å². The molecule has 0 spiro atoms. The molecule has 1 aliphatic heterocycles. The number of aryl methyl sites for hydroxylation is 1. The average molecular weight is 630 g/mol. The van der Waals surface area contributed by atoms with E-state index >= 15 is 0 Å². The Hall–Kier alpha value is -4.19. The van der Waals surface area contributed by atoms with Crippen molar-refractivity contribution in [3.8, 4) is 23.1 Å². The first kappa shape index (κ1) is 29.2. The van der Waals surface area contributed by atoms with Crippen LogP contribution in [0, 0.1) is 12.8 Å². The lowest BCUT2D eigenvalue weighted by Crippen LogP contribution is -2.77. The summed E-state index contributed by atoms with van der Waals surface area (Å²) in [6, 6.07) is 9.41. The van der Waals surface area contributed by atoms with Crippen molar-refractivity contribution in [1.29, 1.82) is 0 Å². The van der Waals surface area contributed by atoms with Crippen molar-refractivity contribution in [2.45, 2.75) is 88.7 Å². The average Bonchev–Trinajstić information content (AvgIpc) is 3.68. The topological polar surface area (TPSA) is 129 Å². The van der Waals surface area contributed by atoms with Gasteiger partial charge in [-0.3, -0.25) is 14.0 Å². The summed E-state index contributed by atoms with van der Waals surface area (Å²) in [4.78, 5) is 38.1. The number of rotatable bonds is 9. The SMILES string of the molecule is COc1cc(C(=O)N2CCC[C@@H](N)C2)cc2nc(-c3cc4ccc(O[C@@H](C)C(=O)NC56CC(F)(C5)C6)nc4n3CC3CC3)c(C)n12. The maximum atomic E-state index is 13.9. The second-order valence-corrected chi connectivity index (χ2v) is 14.0. The summed E-state index contributed by atoms with van der Waals surface area (Å²) in [7, 11) is 1.60. The molecule has 4 aromatic rings. The fourth-order valence-electron chi connectivity index (χ4n) is 7.68. The summed E-state index contributed by atoms with van der Waals surface area (Å²) >= 11 is 0. The summed E-state index contributed by atoms with van der Waals surface area (Å²) in [5.41, 5.74) is 9.16. The van der Waals surface area contributed by atoms with Crippen molar-refractivity contribution in [2.24, 2.45) is 11.7 Å². The Bertz CT molecular complexity index is 1880. The molecule has 2 atom stereocenters. The lowest BCUT2D eigenvalue weighted by molar-refractivity contribution is -0.177. The number of carbonyl (C=O) groups is 2. The molecule has 4 aromatic heterocycles. The smallest absolute Gasteiger partial charge is 0.261 e. The third-order valence-electron chi connectivity index (χ3n) is 10.2. The number of alkyl halides is 1. The van der Waals surface area contributed by atoms with Crippen LogP contribution >= 0.6 is 0 Å². The third-order valence-corrected chi connectivity index (χ3v) is 10.2. The number of carbonyl (C=O) groups excluding carboxylic acids is 2. The number of nitrogens with zero attached hydrogens (tertiary/aromatic N) is 5. The molecule has 2 bridgehead atoms. The number of hydrogen-bond donors (Lipinski definition) is 2. The Morgan fingerprint density at radius 1 is 1.15 bits per heavy atom. The number of halogens is 1. The first-order valence-electron chi connectivity index (χ1n) is 16.3. The Balaban J connectivity index is 1.12. The van der Waals surface area contributed by atoms with Crippen molar-refractivity contribution in [3.05, 3.63) is 41.6 Å². The van der Waals surface area contributed by atoms with Crippen LogP contribution in [0.1, 0.15) is 67.9 Å². The molecule has 2 amide bonds. The minimum absolute atomic E-state index is 0.0141. The quantitative estimate of drug-likeness (QED) is 0.284. The number of pyridine rings is 2. The third kappa shape index (κ3) is 4.88. The zero-order chi connectivity index (χ0) is 32.0. The van der Waals surface area contributed by atoms with E-state index in [1.54, 1.807) is 26.2 Å². The zero-order valence-electron chi connectivity index (χ0n) is 26.5. The summed E-state index contributed by atoms with van der Waals surface area (Å²) in [6.45, 7) is 5.69. The Labute approximate surface area is 266 Å². The van der Waals surface area contributed by atoms with Gasteiger partial charge in [0.1, 0.15) is 22.7 Å². The number of aromatic nitrogens is 4. The molecule has 4 aliphatic carbocycles. The summed E-state index contributed by atoms with van der Waals surface area (Å²) in [5.74, 6) is 1.10. The molecule has 11 nitrogen and oxygen atoms in total. The van der Waals surface area contributed by atoms with E-state index in [1.165, 1.54) is 0 Å². The van der Waals surface area contributed by atoms with Gasteiger partial charge >= 0.3 is 0 Å². The highest BCUT2D eigenvalue weighted by molar-refractivity contribution is 5.96. The van der Waals surface area contributed by atoms with Crippen LogP contribution in [-0.4, -0.2) is 79.2 Å². The van der Waals surface area contributed by atoms with Crippen LogP contribution in [0.5, 0.6) is 11.8 Å². The van der Waals surface area contributed by atoms with Crippen LogP contribution < -0.4 is 20.5 Å². The molecule has 242 valence electrons. The molecule has 5 fully saturated rings. The molecule has 5 heterocycles.